The van der Waals surface area contributed by atoms with E-state index in [1.807, 2.05) is 36.4 Å². The lowest BCUT2D eigenvalue weighted by Crippen LogP contribution is -2.18. The van der Waals surface area contributed by atoms with Gasteiger partial charge in [-0.25, -0.2) is 4.39 Å². The van der Waals surface area contributed by atoms with Crippen molar-refractivity contribution in [1.82, 2.24) is 10.6 Å². The number of thiophene rings is 1. The molecule has 0 aliphatic rings. The van der Waals surface area contributed by atoms with Crippen LogP contribution in [0.4, 0.5) is 4.39 Å². The van der Waals surface area contributed by atoms with Crippen LogP contribution in [0.1, 0.15) is 41.0 Å². The van der Waals surface area contributed by atoms with Gasteiger partial charge in [-0.1, -0.05) is 50.6 Å². The van der Waals surface area contributed by atoms with Gasteiger partial charge >= 0.3 is 0 Å². The molecule has 4 nitrogen and oxygen atoms in total. The van der Waals surface area contributed by atoms with Gasteiger partial charge in [-0.15, -0.1) is 11.3 Å². The molecule has 2 amide bonds. The van der Waals surface area contributed by atoms with Crippen molar-refractivity contribution in [2.75, 3.05) is 14.1 Å². The van der Waals surface area contributed by atoms with E-state index in [-0.39, 0.29) is 17.6 Å². The fraction of sp³-hybridized carbons (Fsp3) is 0.185. The summed E-state index contributed by atoms with van der Waals surface area (Å²) < 4.78 is 14.3. The summed E-state index contributed by atoms with van der Waals surface area (Å²) in [4.78, 5) is 25.5. The Morgan fingerprint density at radius 3 is 2.06 bits per heavy atom. The summed E-state index contributed by atoms with van der Waals surface area (Å²) in [5.74, 6) is -0.672. The molecule has 0 spiro atoms. The second kappa shape index (κ2) is 10.9. The molecule has 0 aliphatic heterocycles. The topological polar surface area (TPSA) is 58.2 Å². The van der Waals surface area contributed by atoms with Crippen LogP contribution < -0.4 is 10.6 Å². The van der Waals surface area contributed by atoms with Gasteiger partial charge in [0.1, 0.15) is 5.82 Å². The van der Waals surface area contributed by atoms with Gasteiger partial charge in [0.2, 0.25) is 0 Å². The van der Waals surface area contributed by atoms with Gasteiger partial charge in [-0.05, 0) is 53.1 Å². The zero-order chi connectivity index (χ0) is 24.0. The third-order valence-electron chi connectivity index (χ3n) is 4.93. The van der Waals surface area contributed by atoms with E-state index in [2.05, 4.69) is 24.5 Å². The molecule has 170 valence electrons. The van der Waals surface area contributed by atoms with Gasteiger partial charge in [0, 0.05) is 34.6 Å². The van der Waals surface area contributed by atoms with E-state index in [4.69, 9.17) is 0 Å². The molecule has 0 fully saturated rings. The smallest absolute Gasteiger partial charge is 0.253 e. The molecule has 6 heteroatoms. The highest BCUT2D eigenvalue weighted by Gasteiger charge is 2.20. The molecule has 4 rings (SSSR count). The molecule has 0 saturated carbocycles. The lowest BCUT2D eigenvalue weighted by atomic mass is 9.99. The molecule has 0 atom stereocenters. The van der Waals surface area contributed by atoms with Crippen molar-refractivity contribution in [2.45, 2.75) is 20.3 Å². The monoisotopic (exact) mass is 462 g/mol. The molecular weight excluding hydrogens is 435 g/mol. The molecule has 0 radical (unpaired) electrons. The van der Waals surface area contributed by atoms with Crippen LogP contribution in [0, 0.1) is 5.82 Å². The first-order valence-corrected chi connectivity index (χ1v) is 11.6. The lowest BCUT2D eigenvalue weighted by Gasteiger charge is -2.07. The van der Waals surface area contributed by atoms with E-state index in [9.17, 15) is 14.0 Å². The molecule has 2 N–H and O–H groups in total. The van der Waals surface area contributed by atoms with Gasteiger partial charge in [0.25, 0.3) is 11.8 Å². The van der Waals surface area contributed by atoms with Crippen molar-refractivity contribution in [3.63, 3.8) is 0 Å². The normalized spacial score (nSPS) is 10.3. The van der Waals surface area contributed by atoms with E-state index in [1.165, 1.54) is 29.9 Å². The highest BCUT2D eigenvalue weighted by molar-refractivity contribution is 7.22. The van der Waals surface area contributed by atoms with Crippen LogP contribution >= 0.6 is 11.3 Å². The van der Waals surface area contributed by atoms with Gasteiger partial charge < -0.3 is 10.6 Å². The van der Waals surface area contributed by atoms with E-state index < -0.39 is 0 Å². The van der Waals surface area contributed by atoms with Crippen molar-refractivity contribution in [2.24, 2.45) is 0 Å². The highest BCUT2D eigenvalue weighted by Crippen LogP contribution is 2.40. The second-order valence-electron chi connectivity index (χ2n) is 7.47. The van der Waals surface area contributed by atoms with Crippen LogP contribution in [0.15, 0.2) is 66.7 Å². The minimum Gasteiger partial charge on any atom is -0.355 e. The molecule has 1 aromatic heterocycles. The Morgan fingerprint density at radius 2 is 1.42 bits per heavy atom. The zero-order valence-corrected chi connectivity index (χ0v) is 20.0. The van der Waals surface area contributed by atoms with Crippen molar-refractivity contribution >= 4 is 33.2 Å². The summed E-state index contributed by atoms with van der Waals surface area (Å²) in [6.45, 7) is 4.25. The molecular formula is C27H27FN2O2S. The van der Waals surface area contributed by atoms with E-state index in [0.717, 1.165) is 31.7 Å². The van der Waals surface area contributed by atoms with Gasteiger partial charge in [-0.3, -0.25) is 9.59 Å². The molecule has 1 heterocycles. The summed E-state index contributed by atoms with van der Waals surface area (Å²) in [5, 5.41) is 6.16. The average molecular weight is 463 g/mol. The van der Waals surface area contributed by atoms with Gasteiger partial charge in [0.05, 0.1) is 5.56 Å². The standard InChI is InChI=1S/C24H19FN2O2S.C3H8/c1-26-23(28)17-5-3-4-15(12-17)16-8-11-20-19(13-16)21(24(29)27-2)22(30-20)14-6-9-18(25)10-7-14;1-3-2/h3-13H,1-2H3,(H,26,28)(H,27,29);3H2,1-2H3. The summed E-state index contributed by atoms with van der Waals surface area (Å²) in [7, 11) is 3.19. The SMILES string of the molecule is CCC.CNC(=O)c1cccc(-c2ccc3sc(-c4ccc(F)cc4)c(C(=O)NC)c3c2)c1. The third-order valence-corrected chi connectivity index (χ3v) is 6.15. The van der Waals surface area contributed by atoms with E-state index >= 15 is 0 Å². The van der Waals surface area contributed by atoms with Crippen LogP contribution in [0.5, 0.6) is 0 Å². The first kappa shape index (κ1) is 24.1. The van der Waals surface area contributed by atoms with Crippen molar-refractivity contribution in [3.8, 4) is 21.6 Å². The average Bonchev–Trinajstić information content (AvgIpc) is 3.22. The maximum atomic E-state index is 13.4. The third kappa shape index (κ3) is 5.29. The number of benzene rings is 3. The Balaban J connectivity index is 0.000000968. The molecule has 0 bridgehead atoms. The molecule has 3 aromatic carbocycles. The molecule has 0 aliphatic carbocycles. The minimum absolute atomic E-state index is 0.155. The van der Waals surface area contributed by atoms with Gasteiger partial charge in [0.15, 0.2) is 0 Å². The maximum absolute atomic E-state index is 13.4. The Kier molecular flexibility index (Phi) is 7.96. The van der Waals surface area contributed by atoms with Crippen LogP contribution in [-0.2, 0) is 0 Å². The predicted molar refractivity (Wildman–Crippen MR) is 135 cm³/mol. The number of nitrogens with one attached hydrogen (secondary N) is 2. The van der Waals surface area contributed by atoms with Crippen molar-refractivity contribution in [3.05, 3.63) is 83.7 Å². The van der Waals surface area contributed by atoms with Crippen molar-refractivity contribution in [1.29, 1.82) is 0 Å². The summed E-state index contributed by atoms with van der Waals surface area (Å²) in [6.07, 6.45) is 1.25. The van der Waals surface area contributed by atoms with Crippen LogP contribution in [0.2, 0.25) is 0 Å². The zero-order valence-electron chi connectivity index (χ0n) is 19.2. The number of halogens is 1. The Morgan fingerprint density at radius 1 is 0.818 bits per heavy atom. The maximum Gasteiger partial charge on any atom is 0.253 e. The fourth-order valence-corrected chi connectivity index (χ4v) is 4.60. The fourth-order valence-electron chi connectivity index (χ4n) is 3.42. The Bertz CT molecular complexity index is 1280. The van der Waals surface area contributed by atoms with E-state index in [0.29, 0.717) is 11.1 Å². The number of rotatable bonds is 4. The molecule has 0 saturated heterocycles. The Labute approximate surface area is 197 Å². The quantitative estimate of drug-likeness (QED) is 0.363. The van der Waals surface area contributed by atoms with Crippen LogP contribution in [0.25, 0.3) is 31.7 Å². The minimum atomic E-state index is -0.320. The first-order chi connectivity index (χ1) is 15.9. The van der Waals surface area contributed by atoms with Crippen LogP contribution in [-0.4, -0.2) is 25.9 Å². The largest absolute Gasteiger partial charge is 0.355 e. The number of hydrogen-bond acceptors (Lipinski definition) is 3. The molecule has 4 aromatic rings. The van der Waals surface area contributed by atoms with Crippen LogP contribution in [0.3, 0.4) is 0 Å². The lowest BCUT2D eigenvalue weighted by molar-refractivity contribution is 0.0956. The summed E-state index contributed by atoms with van der Waals surface area (Å²) in [5.41, 5.74) is 3.71. The summed E-state index contributed by atoms with van der Waals surface area (Å²) >= 11 is 1.49. The highest BCUT2D eigenvalue weighted by atomic mass is 32.1. The van der Waals surface area contributed by atoms with Gasteiger partial charge in [-0.2, -0.15) is 0 Å². The molecule has 0 unspecified atom stereocenters. The molecule has 33 heavy (non-hydrogen) atoms. The second-order valence-corrected chi connectivity index (χ2v) is 8.52. The predicted octanol–water partition coefficient (Wildman–Crippen LogP) is 6.51. The number of fused-ring (bicyclic) bond motifs is 1. The first-order valence-electron chi connectivity index (χ1n) is 10.8. The number of carbonyl (C=O) groups is 2. The summed E-state index contributed by atoms with van der Waals surface area (Å²) in [6, 6.07) is 19.4. The van der Waals surface area contributed by atoms with E-state index in [1.54, 1.807) is 32.3 Å². The Hall–Kier alpha value is -3.51. The van der Waals surface area contributed by atoms with Crippen molar-refractivity contribution < 1.29 is 14.0 Å². The number of carbonyl (C=O) groups excluding carboxylic acids is 2. The number of hydrogen-bond donors (Lipinski definition) is 2. The number of amides is 2.